The third kappa shape index (κ3) is 2.41. The molecule has 0 aromatic heterocycles. The Morgan fingerprint density at radius 2 is 1.89 bits per heavy atom. The van der Waals surface area contributed by atoms with E-state index in [4.69, 9.17) is 16.9 Å². The van der Waals surface area contributed by atoms with Crippen LogP contribution in [0.15, 0.2) is 36.4 Å². The lowest BCUT2D eigenvalue weighted by Crippen LogP contribution is -1.97. The summed E-state index contributed by atoms with van der Waals surface area (Å²) < 4.78 is 26.2. The van der Waals surface area contributed by atoms with E-state index in [1.807, 2.05) is 6.07 Å². The zero-order valence-electron chi connectivity index (χ0n) is 9.05. The minimum atomic E-state index is -0.737. The molecule has 0 fully saturated rings. The van der Waals surface area contributed by atoms with Crippen molar-refractivity contribution in [1.82, 2.24) is 0 Å². The van der Waals surface area contributed by atoms with Crippen molar-refractivity contribution in [2.24, 2.45) is 0 Å². The summed E-state index contributed by atoms with van der Waals surface area (Å²) in [5, 5.41) is 11.9. The van der Waals surface area contributed by atoms with Gasteiger partial charge >= 0.3 is 0 Å². The number of halogens is 3. The van der Waals surface area contributed by atoms with E-state index in [9.17, 15) is 8.78 Å². The van der Waals surface area contributed by atoms with E-state index < -0.39 is 11.6 Å². The van der Waals surface area contributed by atoms with Crippen LogP contribution < -0.4 is 5.32 Å². The number of nitriles is 1. The minimum Gasteiger partial charge on any atom is -0.352 e. The number of benzene rings is 2. The number of anilines is 2. The molecule has 0 saturated heterocycles. The molecule has 0 heterocycles. The van der Waals surface area contributed by atoms with E-state index in [1.54, 1.807) is 18.2 Å². The molecule has 1 N–H and O–H groups in total. The van der Waals surface area contributed by atoms with Crippen LogP contribution in [0.25, 0.3) is 0 Å². The van der Waals surface area contributed by atoms with Gasteiger partial charge in [0.05, 0.1) is 22.0 Å². The highest BCUT2D eigenvalue weighted by Gasteiger charge is 2.09. The Kier molecular flexibility index (Phi) is 3.45. The van der Waals surface area contributed by atoms with Gasteiger partial charge in [-0.3, -0.25) is 0 Å². The molecule has 0 spiro atoms. The first kappa shape index (κ1) is 12.3. The molecule has 0 aliphatic carbocycles. The molecule has 2 aromatic carbocycles. The summed E-state index contributed by atoms with van der Waals surface area (Å²) in [7, 11) is 0. The number of hydrogen-bond donors (Lipinski definition) is 1. The minimum absolute atomic E-state index is 0.0789. The molecule has 0 amide bonds. The second-order valence-corrected chi connectivity index (χ2v) is 3.93. The third-order valence-corrected chi connectivity index (χ3v) is 2.64. The molecule has 2 nitrogen and oxygen atoms in total. The Bertz CT molecular complexity index is 635. The van der Waals surface area contributed by atoms with Crippen molar-refractivity contribution >= 4 is 23.0 Å². The summed E-state index contributed by atoms with van der Waals surface area (Å²) in [4.78, 5) is 0. The molecule has 0 atom stereocenters. The van der Waals surface area contributed by atoms with Gasteiger partial charge in [0.1, 0.15) is 17.7 Å². The van der Waals surface area contributed by atoms with Gasteiger partial charge in [-0.2, -0.15) is 5.26 Å². The molecule has 0 bridgehead atoms. The maximum Gasteiger partial charge on any atom is 0.149 e. The maximum absolute atomic E-state index is 13.5. The number of nitrogens with one attached hydrogen (secondary N) is 1. The van der Waals surface area contributed by atoms with Gasteiger partial charge in [0.2, 0.25) is 0 Å². The predicted octanol–water partition coefficient (Wildman–Crippen LogP) is 4.23. The molecule has 0 radical (unpaired) electrons. The highest BCUT2D eigenvalue weighted by Crippen LogP contribution is 2.27. The van der Waals surface area contributed by atoms with Crippen LogP contribution in [0, 0.1) is 23.0 Å². The Morgan fingerprint density at radius 3 is 2.56 bits per heavy atom. The largest absolute Gasteiger partial charge is 0.352 e. The zero-order chi connectivity index (χ0) is 13.1. The molecular formula is C13H7ClF2N2. The summed E-state index contributed by atoms with van der Waals surface area (Å²) in [6.45, 7) is 0. The summed E-state index contributed by atoms with van der Waals surface area (Å²) in [5.74, 6) is -1.40. The molecule has 2 aromatic rings. The van der Waals surface area contributed by atoms with Crippen molar-refractivity contribution in [2.75, 3.05) is 5.32 Å². The van der Waals surface area contributed by atoms with Gasteiger partial charge in [-0.15, -0.1) is 0 Å². The van der Waals surface area contributed by atoms with Crippen molar-refractivity contribution in [3.8, 4) is 6.07 Å². The highest BCUT2D eigenvalue weighted by atomic mass is 35.5. The van der Waals surface area contributed by atoms with Crippen molar-refractivity contribution in [3.63, 3.8) is 0 Å². The van der Waals surface area contributed by atoms with Crippen LogP contribution in [0.5, 0.6) is 0 Å². The van der Waals surface area contributed by atoms with Gasteiger partial charge in [-0.25, -0.2) is 8.78 Å². The van der Waals surface area contributed by atoms with Crippen LogP contribution in [-0.4, -0.2) is 0 Å². The first-order chi connectivity index (χ1) is 8.61. The molecule has 0 saturated carbocycles. The van der Waals surface area contributed by atoms with Gasteiger partial charge in [-0.1, -0.05) is 17.7 Å². The van der Waals surface area contributed by atoms with Crippen LogP contribution in [0.4, 0.5) is 20.2 Å². The molecule has 2 rings (SSSR count). The molecule has 0 aliphatic rings. The fourth-order valence-electron chi connectivity index (χ4n) is 1.48. The van der Waals surface area contributed by atoms with E-state index in [1.165, 1.54) is 6.07 Å². The second kappa shape index (κ2) is 5.03. The Balaban J connectivity index is 2.41. The van der Waals surface area contributed by atoms with E-state index in [2.05, 4.69) is 5.32 Å². The molecule has 90 valence electrons. The van der Waals surface area contributed by atoms with Gasteiger partial charge in [0, 0.05) is 6.07 Å². The highest BCUT2D eigenvalue weighted by molar-refractivity contribution is 6.32. The Morgan fingerprint density at radius 1 is 1.11 bits per heavy atom. The Labute approximate surface area is 107 Å². The molecule has 18 heavy (non-hydrogen) atoms. The van der Waals surface area contributed by atoms with Crippen molar-refractivity contribution < 1.29 is 8.78 Å². The molecule has 0 aliphatic heterocycles. The van der Waals surface area contributed by atoms with E-state index in [-0.39, 0.29) is 16.3 Å². The normalized spacial score (nSPS) is 9.89. The monoisotopic (exact) mass is 264 g/mol. The van der Waals surface area contributed by atoms with Crippen LogP contribution in [0.1, 0.15) is 5.56 Å². The Hall–Kier alpha value is -2.12. The summed E-state index contributed by atoms with van der Waals surface area (Å²) in [5.41, 5.74) is 0.661. The van der Waals surface area contributed by atoms with Crippen LogP contribution in [-0.2, 0) is 0 Å². The lowest BCUT2D eigenvalue weighted by molar-refractivity contribution is 0.586. The summed E-state index contributed by atoms with van der Waals surface area (Å²) in [6, 6.07) is 9.85. The van der Waals surface area contributed by atoms with Gasteiger partial charge in [0.25, 0.3) is 0 Å². The van der Waals surface area contributed by atoms with Crippen LogP contribution in [0.3, 0.4) is 0 Å². The van der Waals surface area contributed by atoms with E-state index in [0.29, 0.717) is 5.69 Å². The zero-order valence-corrected chi connectivity index (χ0v) is 9.80. The maximum atomic E-state index is 13.5. The fraction of sp³-hybridized carbons (Fsp3) is 0. The summed E-state index contributed by atoms with van der Waals surface area (Å²) >= 11 is 5.84. The van der Waals surface area contributed by atoms with E-state index in [0.717, 1.165) is 12.1 Å². The van der Waals surface area contributed by atoms with Gasteiger partial charge in [0.15, 0.2) is 0 Å². The lowest BCUT2D eigenvalue weighted by Gasteiger charge is -2.09. The van der Waals surface area contributed by atoms with Gasteiger partial charge in [-0.05, 0) is 24.3 Å². The number of rotatable bonds is 2. The smallest absolute Gasteiger partial charge is 0.149 e. The topological polar surface area (TPSA) is 35.8 Å². The first-order valence-corrected chi connectivity index (χ1v) is 5.40. The van der Waals surface area contributed by atoms with Crippen LogP contribution >= 0.6 is 11.6 Å². The average molecular weight is 265 g/mol. The number of hydrogen-bond acceptors (Lipinski definition) is 2. The van der Waals surface area contributed by atoms with Crippen molar-refractivity contribution in [2.45, 2.75) is 0 Å². The molecule has 5 heteroatoms. The van der Waals surface area contributed by atoms with Crippen molar-refractivity contribution in [3.05, 3.63) is 58.6 Å². The average Bonchev–Trinajstić information content (AvgIpc) is 2.33. The van der Waals surface area contributed by atoms with E-state index >= 15 is 0 Å². The molecular weight excluding hydrogens is 258 g/mol. The standard InChI is InChI=1S/C13H7ClF2N2/c14-10-2-1-3-12(9(10)7-17)18-13-5-4-8(15)6-11(13)16/h1-6,18H. The van der Waals surface area contributed by atoms with Crippen molar-refractivity contribution in [1.29, 1.82) is 5.26 Å². The predicted molar refractivity (Wildman–Crippen MR) is 65.8 cm³/mol. The lowest BCUT2D eigenvalue weighted by atomic mass is 10.2. The molecule has 0 unspecified atom stereocenters. The van der Waals surface area contributed by atoms with Gasteiger partial charge < -0.3 is 5.32 Å². The third-order valence-electron chi connectivity index (χ3n) is 2.33. The SMILES string of the molecule is N#Cc1c(Cl)cccc1Nc1ccc(F)cc1F. The van der Waals surface area contributed by atoms with Crippen LogP contribution in [0.2, 0.25) is 5.02 Å². The summed E-state index contributed by atoms with van der Waals surface area (Å²) in [6.07, 6.45) is 0. The quantitative estimate of drug-likeness (QED) is 0.881. The number of nitrogens with zero attached hydrogens (tertiary/aromatic N) is 1. The second-order valence-electron chi connectivity index (χ2n) is 3.52. The first-order valence-electron chi connectivity index (χ1n) is 5.02. The fourth-order valence-corrected chi connectivity index (χ4v) is 1.69.